The van der Waals surface area contributed by atoms with Gasteiger partial charge < -0.3 is 5.32 Å². The van der Waals surface area contributed by atoms with Crippen molar-refractivity contribution in [2.45, 2.75) is 37.8 Å². The summed E-state index contributed by atoms with van der Waals surface area (Å²) in [7, 11) is 0. The Kier molecular flexibility index (Phi) is 7.72. The first-order valence-corrected chi connectivity index (χ1v) is 11.1. The van der Waals surface area contributed by atoms with E-state index >= 15 is 0 Å². The molecular weight excluding hydrogens is 406 g/mol. The van der Waals surface area contributed by atoms with Crippen LogP contribution in [0.25, 0.3) is 16.6 Å². The highest BCUT2D eigenvalue weighted by Crippen LogP contribution is 2.22. The van der Waals surface area contributed by atoms with Crippen LogP contribution >= 0.6 is 23.4 Å². The zero-order chi connectivity index (χ0) is 20.6. The highest BCUT2D eigenvalue weighted by Gasteiger charge is 2.15. The van der Waals surface area contributed by atoms with Crippen molar-refractivity contribution in [2.24, 2.45) is 0 Å². The van der Waals surface area contributed by atoms with E-state index in [0.29, 0.717) is 33.3 Å². The standard InChI is InChI=1S/C22H24ClN3O2S/c1-2-3-4-7-13-24-20(27)15-29-22-25-19-12-6-5-11-18(19)21(28)26(22)17-10-8-9-16(23)14-17/h5-6,8-12,14H,2-4,7,13,15H2,1H3,(H,24,27). The average Bonchev–Trinajstić information content (AvgIpc) is 2.72. The largest absolute Gasteiger partial charge is 0.355 e. The van der Waals surface area contributed by atoms with Gasteiger partial charge in [0, 0.05) is 11.6 Å². The van der Waals surface area contributed by atoms with Gasteiger partial charge in [0.15, 0.2) is 5.16 Å². The molecule has 29 heavy (non-hydrogen) atoms. The Morgan fingerprint density at radius 1 is 1.14 bits per heavy atom. The van der Waals surface area contributed by atoms with Crippen molar-refractivity contribution in [3.63, 3.8) is 0 Å². The van der Waals surface area contributed by atoms with Crippen molar-refractivity contribution in [1.82, 2.24) is 14.9 Å². The van der Waals surface area contributed by atoms with E-state index in [0.717, 1.165) is 12.8 Å². The lowest BCUT2D eigenvalue weighted by atomic mass is 10.2. The summed E-state index contributed by atoms with van der Waals surface area (Å²) >= 11 is 7.38. The molecule has 7 heteroatoms. The van der Waals surface area contributed by atoms with Crippen molar-refractivity contribution >= 4 is 40.2 Å². The third kappa shape index (κ3) is 5.61. The fourth-order valence-electron chi connectivity index (χ4n) is 3.01. The van der Waals surface area contributed by atoms with Gasteiger partial charge in [0.25, 0.3) is 5.56 Å². The Bertz CT molecular complexity index is 1050. The molecule has 1 heterocycles. The van der Waals surface area contributed by atoms with Gasteiger partial charge in [0.2, 0.25) is 5.91 Å². The Morgan fingerprint density at radius 2 is 1.97 bits per heavy atom. The van der Waals surface area contributed by atoms with E-state index in [1.54, 1.807) is 30.3 Å². The van der Waals surface area contributed by atoms with Crippen LogP contribution in [0.2, 0.25) is 5.02 Å². The number of amides is 1. The molecule has 0 aliphatic heterocycles. The molecule has 1 aromatic heterocycles. The molecule has 3 aromatic rings. The molecule has 0 unspecified atom stereocenters. The van der Waals surface area contributed by atoms with Crippen LogP contribution in [0.1, 0.15) is 32.6 Å². The molecule has 0 radical (unpaired) electrons. The van der Waals surface area contributed by atoms with E-state index in [9.17, 15) is 9.59 Å². The molecule has 1 N–H and O–H groups in total. The van der Waals surface area contributed by atoms with Crippen molar-refractivity contribution < 1.29 is 4.79 Å². The van der Waals surface area contributed by atoms with E-state index in [-0.39, 0.29) is 17.2 Å². The average molecular weight is 430 g/mol. The normalized spacial score (nSPS) is 11.0. The van der Waals surface area contributed by atoms with Gasteiger partial charge in [-0.2, -0.15) is 0 Å². The summed E-state index contributed by atoms with van der Waals surface area (Å²) in [5.41, 5.74) is 1.06. The first-order chi connectivity index (χ1) is 14.1. The van der Waals surface area contributed by atoms with Crippen LogP contribution < -0.4 is 10.9 Å². The predicted molar refractivity (Wildman–Crippen MR) is 120 cm³/mol. The first-order valence-electron chi connectivity index (χ1n) is 9.77. The predicted octanol–water partition coefficient (Wildman–Crippen LogP) is 4.83. The monoisotopic (exact) mass is 429 g/mol. The lowest BCUT2D eigenvalue weighted by molar-refractivity contribution is -0.118. The van der Waals surface area contributed by atoms with Crippen molar-refractivity contribution in [2.75, 3.05) is 12.3 Å². The number of hydrogen-bond donors (Lipinski definition) is 1. The molecule has 2 aromatic carbocycles. The molecule has 0 spiro atoms. The van der Waals surface area contributed by atoms with Crippen LogP contribution in [0, 0.1) is 0 Å². The zero-order valence-electron chi connectivity index (χ0n) is 16.4. The summed E-state index contributed by atoms with van der Waals surface area (Å²) in [6.45, 7) is 2.83. The number of benzene rings is 2. The SMILES string of the molecule is CCCCCCNC(=O)CSc1nc2ccccc2c(=O)n1-c1cccc(Cl)c1. The molecule has 152 valence electrons. The second-order valence-electron chi connectivity index (χ2n) is 6.73. The molecule has 0 saturated heterocycles. The summed E-state index contributed by atoms with van der Waals surface area (Å²) in [5, 5.41) is 4.46. The molecule has 0 atom stereocenters. The van der Waals surface area contributed by atoms with E-state index in [4.69, 9.17) is 11.6 Å². The Hall–Kier alpha value is -2.31. The van der Waals surface area contributed by atoms with Gasteiger partial charge >= 0.3 is 0 Å². The molecule has 0 aliphatic rings. The van der Waals surface area contributed by atoms with Crippen LogP contribution in [0.3, 0.4) is 0 Å². The number of carbonyl (C=O) groups is 1. The van der Waals surface area contributed by atoms with Crippen molar-refractivity contribution in [3.8, 4) is 5.69 Å². The van der Waals surface area contributed by atoms with Gasteiger partial charge in [0.05, 0.1) is 22.3 Å². The number of fused-ring (bicyclic) bond motifs is 1. The maximum Gasteiger partial charge on any atom is 0.266 e. The van der Waals surface area contributed by atoms with Gasteiger partial charge in [-0.1, -0.05) is 67.7 Å². The minimum atomic E-state index is -0.180. The van der Waals surface area contributed by atoms with Gasteiger partial charge in [-0.25, -0.2) is 4.98 Å². The minimum absolute atomic E-state index is 0.0634. The van der Waals surface area contributed by atoms with E-state index in [1.165, 1.54) is 29.2 Å². The number of thioether (sulfide) groups is 1. The molecule has 3 rings (SSSR count). The zero-order valence-corrected chi connectivity index (χ0v) is 17.9. The second-order valence-corrected chi connectivity index (χ2v) is 8.11. The number of unbranched alkanes of at least 4 members (excludes halogenated alkanes) is 3. The third-order valence-electron chi connectivity index (χ3n) is 4.50. The van der Waals surface area contributed by atoms with Gasteiger partial charge in [0.1, 0.15) is 0 Å². The lowest BCUT2D eigenvalue weighted by Crippen LogP contribution is -2.27. The summed E-state index contributed by atoms with van der Waals surface area (Å²) in [4.78, 5) is 30.0. The smallest absolute Gasteiger partial charge is 0.266 e. The molecule has 0 saturated carbocycles. The number of aromatic nitrogens is 2. The van der Waals surface area contributed by atoms with Gasteiger partial charge in [-0.15, -0.1) is 0 Å². The van der Waals surface area contributed by atoms with Crippen molar-refractivity contribution in [3.05, 3.63) is 63.9 Å². The summed E-state index contributed by atoms with van der Waals surface area (Å²) in [5.74, 6) is 0.130. The molecule has 5 nitrogen and oxygen atoms in total. The number of halogens is 1. The van der Waals surface area contributed by atoms with Crippen molar-refractivity contribution in [1.29, 1.82) is 0 Å². The van der Waals surface area contributed by atoms with Crippen LogP contribution in [0.15, 0.2) is 58.5 Å². The van der Waals surface area contributed by atoms with Crippen LogP contribution in [-0.2, 0) is 4.79 Å². The topological polar surface area (TPSA) is 64.0 Å². The summed E-state index contributed by atoms with van der Waals surface area (Å²) < 4.78 is 1.52. The number of nitrogens with zero attached hydrogens (tertiary/aromatic N) is 2. The Morgan fingerprint density at radius 3 is 2.76 bits per heavy atom. The highest BCUT2D eigenvalue weighted by atomic mass is 35.5. The number of para-hydroxylation sites is 1. The molecule has 1 amide bonds. The quantitative estimate of drug-likeness (QED) is 0.300. The fourth-order valence-corrected chi connectivity index (χ4v) is 4.04. The fraction of sp³-hybridized carbons (Fsp3) is 0.318. The van der Waals surface area contributed by atoms with E-state index < -0.39 is 0 Å². The van der Waals surface area contributed by atoms with Crippen LogP contribution in [0.4, 0.5) is 0 Å². The second kappa shape index (κ2) is 10.5. The third-order valence-corrected chi connectivity index (χ3v) is 5.67. The molecule has 0 fully saturated rings. The van der Waals surface area contributed by atoms with Crippen LogP contribution in [-0.4, -0.2) is 27.8 Å². The maximum absolute atomic E-state index is 13.1. The lowest BCUT2D eigenvalue weighted by Gasteiger charge is -2.13. The highest BCUT2D eigenvalue weighted by molar-refractivity contribution is 7.99. The molecule has 0 aliphatic carbocycles. The molecule has 0 bridgehead atoms. The minimum Gasteiger partial charge on any atom is -0.355 e. The van der Waals surface area contributed by atoms with Gasteiger partial charge in [-0.05, 0) is 36.8 Å². The number of rotatable bonds is 9. The first kappa shape index (κ1) is 21.4. The Labute approximate surface area is 179 Å². The van der Waals surface area contributed by atoms with E-state index in [1.807, 2.05) is 18.2 Å². The van der Waals surface area contributed by atoms with E-state index in [2.05, 4.69) is 17.2 Å². The number of carbonyl (C=O) groups excluding carboxylic acids is 1. The number of hydrogen-bond acceptors (Lipinski definition) is 4. The number of nitrogens with one attached hydrogen (secondary N) is 1. The maximum atomic E-state index is 13.1. The van der Waals surface area contributed by atoms with Gasteiger partial charge in [-0.3, -0.25) is 14.2 Å². The summed E-state index contributed by atoms with van der Waals surface area (Å²) in [6, 6.07) is 14.3. The summed E-state index contributed by atoms with van der Waals surface area (Å²) in [6.07, 6.45) is 4.44. The van der Waals surface area contributed by atoms with Crippen LogP contribution in [0.5, 0.6) is 0 Å². The Balaban J connectivity index is 1.84. The molecular formula is C22H24ClN3O2S.